The summed E-state index contributed by atoms with van der Waals surface area (Å²) >= 11 is 6.73. The number of amides is 1. The Morgan fingerprint density at radius 3 is 2.77 bits per heavy atom. The average Bonchev–Trinajstić information content (AvgIpc) is 3.46. The molecule has 7 nitrogen and oxygen atoms in total. The van der Waals surface area contributed by atoms with Gasteiger partial charge in [0.15, 0.2) is 0 Å². The van der Waals surface area contributed by atoms with Crippen molar-refractivity contribution in [3.8, 4) is 0 Å². The average molecular weight is 507 g/mol. The van der Waals surface area contributed by atoms with E-state index in [2.05, 4.69) is 0 Å². The Morgan fingerprint density at radius 1 is 1.23 bits per heavy atom. The molecule has 0 saturated carbocycles. The van der Waals surface area contributed by atoms with Crippen molar-refractivity contribution in [3.05, 3.63) is 80.6 Å². The lowest BCUT2D eigenvalue weighted by Gasteiger charge is -2.21. The number of benzene rings is 1. The molecular formula is C26H26N4O3S2. The molecule has 5 rings (SSSR count). The lowest BCUT2D eigenvalue weighted by atomic mass is 10.2. The largest absolute Gasteiger partial charge is 0.376 e. The highest BCUT2D eigenvalue weighted by molar-refractivity contribution is 8.26. The number of rotatable bonds is 6. The second-order valence-electron chi connectivity index (χ2n) is 8.81. The maximum absolute atomic E-state index is 13.7. The number of ether oxygens (including phenoxy) is 1. The number of aromatic nitrogens is 2. The Kier molecular flexibility index (Phi) is 6.73. The fourth-order valence-corrected chi connectivity index (χ4v) is 5.69. The molecule has 1 aromatic carbocycles. The van der Waals surface area contributed by atoms with Crippen molar-refractivity contribution in [1.29, 1.82) is 0 Å². The van der Waals surface area contributed by atoms with Crippen LogP contribution in [0.4, 0.5) is 5.82 Å². The summed E-state index contributed by atoms with van der Waals surface area (Å²) in [5.41, 5.74) is 2.72. The second kappa shape index (κ2) is 9.93. The van der Waals surface area contributed by atoms with Gasteiger partial charge >= 0.3 is 0 Å². The summed E-state index contributed by atoms with van der Waals surface area (Å²) < 4.78 is 7.72. The third-order valence-electron chi connectivity index (χ3n) is 6.25. The van der Waals surface area contributed by atoms with Gasteiger partial charge in [0.2, 0.25) is 0 Å². The van der Waals surface area contributed by atoms with Crippen molar-refractivity contribution in [3.63, 3.8) is 0 Å². The van der Waals surface area contributed by atoms with Crippen molar-refractivity contribution < 1.29 is 9.53 Å². The smallest absolute Gasteiger partial charge is 0.267 e. The van der Waals surface area contributed by atoms with Gasteiger partial charge in [-0.2, -0.15) is 0 Å². The number of pyridine rings is 1. The van der Waals surface area contributed by atoms with Gasteiger partial charge in [0.05, 0.1) is 23.1 Å². The molecule has 1 amide bonds. The Hall–Kier alpha value is -3.01. The maximum Gasteiger partial charge on any atom is 0.267 e. The van der Waals surface area contributed by atoms with Crippen LogP contribution in [0.25, 0.3) is 11.7 Å². The number of aryl methyl sites for hydroxylation is 1. The van der Waals surface area contributed by atoms with Crippen molar-refractivity contribution in [1.82, 2.24) is 14.3 Å². The van der Waals surface area contributed by atoms with Crippen LogP contribution in [0.5, 0.6) is 0 Å². The monoisotopic (exact) mass is 506 g/mol. The Labute approximate surface area is 213 Å². The zero-order chi connectivity index (χ0) is 24.5. The SMILES string of the molecule is Cc1cccn2c(=O)c(/C=C3\SC(=S)N(CC4CCCO4)C3=O)c(N(C)Cc3ccccc3)nc12. The minimum absolute atomic E-state index is 0.000326. The van der Waals surface area contributed by atoms with Gasteiger partial charge in [-0.1, -0.05) is 60.4 Å². The van der Waals surface area contributed by atoms with Crippen LogP contribution in [-0.2, 0) is 16.1 Å². The van der Waals surface area contributed by atoms with Gasteiger partial charge in [0.25, 0.3) is 11.5 Å². The van der Waals surface area contributed by atoms with Gasteiger partial charge in [-0.25, -0.2) is 4.98 Å². The van der Waals surface area contributed by atoms with E-state index in [1.54, 1.807) is 17.2 Å². The molecule has 2 fully saturated rings. The maximum atomic E-state index is 13.7. The predicted octanol–water partition coefficient (Wildman–Crippen LogP) is 4.02. The summed E-state index contributed by atoms with van der Waals surface area (Å²) in [4.78, 5) is 35.8. The van der Waals surface area contributed by atoms with E-state index >= 15 is 0 Å². The molecule has 35 heavy (non-hydrogen) atoms. The van der Waals surface area contributed by atoms with Crippen LogP contribution in [0.1, 0.15) is 29.5 Å². The number of hydrogen-bond donors (Lipinski definition) is 0. The number of anilines is 1. The highest BCUT2D eigenvalue weighted by Crippen LogP contribution is 2.34. The molecule has 1 atom stereocenters. The lowest BCUT2D eigenvalue weighted by Crippen LogP contribution is -2.35. The van der Waals surface area contributed by atoms with Crippen molar-refractivity contribution in [2.75, 3.05) is 25.1 Å². The standard InChI is InChI=1S/C26H26N4O3S2/c1-17-8-6-12-29-22(17)27-23(28(2)15-18-9-4-3-5-10-18)20(24(29)31)14-21-25(32)30(26(34)35-21)16-19-11-7-13-33-19/h3-6,8-10,12,14,19H,7,11,13,15-16H2,1-2H3/b21-14-. The van der Waals surface area contributed by atoms with Crippen LogP contribution in [0.3, 0.4) is 0 Å². The number of fused-ring (bicyclic) bond motifs is 1. The van der Waals surface area contributed by atoms with E-state index in [4.69, 9.17) is 21.9 Å². The number of carbonyl (C=O) groups excluding carboxylic acids is 1. The summed E-state index contributed by atoms with van der Waals surface area (Å²) in [6.07, 6.45) is 5.26. The number of hydrogen-bond acceptors (Lipinski definition) is 7. The molecule has 3 aromatic rings. The third kappa shape index (κ3) is 4.76. The third-order valence-corrected chi connectivity index (χ3v) is 7.63. The highest BCUT2D eigenvalue weighted by Gasteiger charge is 2.35. The molecule has 2 aliphatic heterocycles. The van der Waals surface area contributed by atoms with E-state index in [-0.39, 0.29) is 17.6 Å². The van der Waals surface area contributed by atoms with Gasteiger partial charge in [-0.05, 0) is 43.0 Å². The molecule has 2 saturated heterocycles. The molecule has 2 aromatic heterocycles. The first kappa shape index (κ1) is 23.7. The molecule has 0 aliphatic carbocycles. The zero-order valence-corrected chi connectivity index (χ0v) is 21.3. The fourth-order valence-electron chi connectivity index (χ4n) is 4.43. The molecule has 4 heterocycles. The molecule has 180 valence electrons. The fraction of sp³-hybridized carbons (Fsp3) is 0.308. The molecule has 2 aliphatic rings. The summed E-state index contributed by atoms with van der Waals surface area (Å²) in [7, 11) is 1.91. The van der Waals surface area contributed by atoms with E-state index in [9.17, 15) is 9.59 Å². The second-order valence-corrected chi connectivity index (χ2v) is 10.5. The Bertz CT molecular complexity index is 1380. The number of thiocarbonyl (C=S) groups is 1. The van der Waals surface area contributed by atoms with E-state index < -0.39 is 0 Å². The van der Waals surface area contributed by atoms with Crippen LogP contribution in [0, 0.1) is 6.92 Å². The first-order valence-electron chi connectivity index (χ1n) is 11.6. The molecule has 9 heteroatoms. The predicted molar refractivity (Wildman–Crippen MR) is 144 cm³/mol. The van der Waals surface area contributed by atoms with Crippen LogP contribution in [0.15, 0.2) is 58.4 Å². The van der Waals surface area contributed by atoms with Crippen molar-refractivity contribution >= 4 is 51.7 Å². The summed E-state index contributed by atoms with van der Waals surface area (Å²) in [5, 5.41) is 0. The summed E-state index contributed by atoms with van der Waals surface area (Å²) in [6, 6.07) is 13.8. The van der Waals surface area contributed by atoms with Gasteiger partial charge in [-0.15, -0.1) is 0 Å². The summed E-state index contributed by atoms with van der Waals surface area (Å²) in [6.45, 7) is 3.65. The van der Waals surface area contributed by atoms with E-state index in [1.807, 2.05) is 61.3 Å². The van der Waals surface area contributed by atoms with Crippen molar-refractivity contribution in [2.45, 2.75) is 32.4 Å². The molecule has 0 N–H and O–H groups in total. The van der Waals surface area contributed by atoms with Crippen LogP contribution < -0.4 is 10.5 Å². The Balaban J connectivity index is 1.57. The quantitative estimate of drug-likeness (QED) is 0.370. The first-order chi connectivity index (χ1) is 16.9. The van der Waals surface area contributed by atoms with E-state index in [0.717, 1.165) is 24.0 Å². The van der Waals surface area contributed by atoms with Gasteiger partial charge < -0.3 is 9.64 Å². The van der Waals surface area contributed by atoms with Crippen LogP contribution in [0.2, 0.25) is 0 Å². The number of carbonyl (C=O) groups is 1. The van der Waals surface area contributed by atoms with E-state index in [0.29, 0.717) is 46.0 Å². The lowest BCUT2D eigenvalue weighted by molar-refractivity contribution is -0.123. The molecular weight excluding hydrogens is 480 g/mol. The number of nitrogens with zero attached hydrogens (tertiary/aromatic N) is 4. The minimum atomic E-state index is -0.224. The van der Waals surface area contributed by atoms with Crippen LogP contribution in [-0.4, -0.2) is 50.8 Å². The van der Waals surface area contributed by atoms with Crippen molar-refractivity contribution in [2.24, 2.45) is 0 Å². The van der Waals surface area contributed by atoms with Gasteiger partial charge in [0.1, 0.15) is 15.8 Å². The first-order valence-corrected chi connectivity index (χ1v) is 12.8. The summed E-state index contributed by atoms with van der Waals surface area (Å²) in [5.74, 6) is 0.332. The van der Waals surface area contributed by atoms with E-state index in [1.165, 1.54) is 16.2 Å². The normalized spacial score (nSPS) is 19.3. The van der Waals surface area contributed by atoms with Gasteiger partial charge in [-0.3, -0.25) is 18.9 Å². The molecule has 1 unspecified atom stereocenters. The molecule has 0 radical (unpaired) electrons. The highest BCUT2D eigenvalue weighted by atomic mass is 32.2. The number of thioether (sulfide) groups is 1. The molecule has 0 spiro atoms. The van der Waals surface area contributed by atoms with Gasteiger partial charge in [0, 0.05) is 26.4 Å². The Morgan fingerprint density at radius 2 is 2.03 bits per heavy atom. The zero-order valence-electron chi connectivity index (χ0n) is 19.6. The molecule has 0 bridgehead atoms. The van der Waals surface area contributed by atoms with Crippen LogP contribution >= 0.6 is 24.0 Å². The topological polar surface area (TPSA) is 67.2 Å². The minimum Gasteiger partial charge on any atom is -0.376 e.